The second-order valence-electron chi connectivity index (χ2n) is 5.98. The first-order valence-corrected chi connectivity index (χ1v) is 8.42. The van der Waals surface area contributed by atoms with Crippen LogP contribution in [0.5, 0.6) is 0 Å². The van der Waals surface area contributed by atoms with E-state index >= 15 is 0 Å². The molecule has 3 rings (SSSR count). The van der Waals surface area contributed by atoms with Gasteiger partial charge in [-0.1, -0.05) is 23.4 Å². The van der Waals surface area contributed by atoms with E-state index in [9.17, 15) is 0 Å². The Morgan fingerprint density at radius 1 is 1.22 bits per heavy atom. The Morgan fingerprint density at radius 3 is 2.65 bits per heavy atom. The second kappa shape index (κ2) is 6.33. The van der Waals surface area contributed by atoms with Gasteiger partial charge in [0.05, 0.1) is 11.2 Å². The largest absolute Gasteiger partial charge is 0.444 e. The van der Waals surface area contributed by atoms with Crippen LogP contribution < -0.4 is 0 Å². The summed E-state index contributed by atoms with van der Waals surface area (Å²) in [6.45, 7) is 6.17. The fourth-order valence-corrected chi connectivity index (χ4v) is 2.99. The molecule has 0 bridgehead atoms. The molecule has 0 aliphatic heterocycles. The normalized spacial score (nSPS) is 11.8. The zero-order valence-electron chi connectivity index (χ0n) is 13.0. The van der Waals surface area contributed by atoms with Crippen molar-refractivity contribution >= 4 is 23.4 Å². The van der Waals surface area contributed by atoms with Gasteiger partial charge in [0.1, 0.15) is 6.26 Å². The van der Waals surface area contributed by atoms with Crippen LogP contribution >= 0.6 is 23.4 Å². The molecule has 0 fully saturated rings. The van der Waals surface area contributed by atoms with E-state index in [0.29, 0.717) is 16.7 Å². The molecule has 0 spiro atoms. The third-order valence-corrected chi connectivity index (χ3v) is 4.27. The number of nitrogens with zero attached hydrogens (tertiary/aromatic N) is 5. The van der Waals surface area contributed by atoms with Crippen LogP contribution in [0.25, 0.3) is 11.5 Å². The average molecular weight is 350 g/mol. The first-order chi connectivity index (χ1) is 10.9. The minimum Gasteiger partial charge on any atom is -0.444 e. The Morgan fingerprint density at radius 2 is 1.96 bits per heavy atom. The van der Waals surface area contributed by atoms with Crippen LogP contribution in [0.2, 0.25) is 5.02 Å². The highest BCUT2D eigenvalue weighted by Crippen LogP contribution is 2.26. The Bertz CT molecular complexity index is 791. The Labute approximate surface area is 143 Å². The Kier molecular flexibility index (Phi) is 4.41. The molecular weight excluding hydrogens is 334 g/mol. The van der Waals surface area contributed by atoms with Gasteiger partial charge in [-0.2, -0.15) is 0 Å². The van der Waals surface area contributed by atoms with Crippen molar-refractivity contribution in [2.45, 2.75) is 37.2 Å². The number of rotatable bonds is 4. The molecule has 0 aliphatic rings. The molecule has 6 nitrogen and oxygen atoms in total. The smallest absolute Gasteiger partial charge is 0.226 e. The molecule has 23 heavy (non-hydrogen) atoms. The van der Waals surface area contributed by atoms with Crippen molar-refractivity contribution < 1.29 is 4.42 Å². The number of oxazole rings is 1. The molecule has 0 atom stereocenters. The van der Waals surface area contributed by atoms with E-state index in [1.165, 1.54) is 11.8 Å². The summed E-state index contributed by atoms with van der Waals surface area (Å²) >= 11 is 7.42. The molecular formula is C15H16ClN5OS. The van der Waals surface area contributed by atoms with E-state index in [0.717, 1.165) is 16.4 Å². The summed E-state index contributed by atoms with van der Waals surface area (Å²) in [4.78, 5) is 4.49. The first kappa shape index (κ1) is 16.0. The van der Waals surface area contributed by atoms with Crippen LogP contribution in [0.3, 0.4) is 0 Å². The number of halogens is 1. The molecule has 0 radical (unpaired) electrons. The lowest BCUT2D eigenvalue weighted by Crippen LogP contribution is -2.24. The van der Waals surface area contributed by atoms with Crippen LogP contribution in [0.1, 0.15) is 26.5 Å². The summed E-state index contributed by atoms with van der Waals surface area (Å²) in [5.41, 5.74) is 1.57. The summed E-state index contributed by atoms with van der Waals surface area (Å²) in [5, 5.41) is 13.3. The molecule has 3 aromatic rings. The van der Waals surface area contributed by atoms with Crippen LogP contribution in [-0.4, -0.2) is 25.2 Å². The number of tetrazole rings is 1. The predicted octanol–water partition coefficient (Wildman–Crippen LogP) is 4.03. The Balaban J connectivity index is 1.71. The fraction of sp³-hybridized carbons (Fsp3) is 0.333. The van der Waals surface area contributed by atoms with E-state index in [-0.39, 0.29) is 5.54 Å². The number of hydrogen-bond donors (Lipinski definition) is 0. The maximum Gasteiger partial charge on any atom is 0.226 e. The quantitative estimate of drug-likeness (QED) is 0.662. The van der Waals surface area contributed by atoms with Crippen LogP contribution in [0, 0.1) is 0 Å². The summed E-state index contributed by atoms with van der Waals surface area (Å²) in [7, 11) is 0. The fourth-order valence-electron chi connectivity index (χ4n) is 1.93. The average Bonchev–Trinajstić information content (AvgIpc) is 3.14. The maximum atomic E-state index is 5.89. The van der Waals surface area contributed by atoms with Gasteiger partial charge in [-0.15, -0.1) is 5.10 Å². The van der Waals surface area contributed by atoms with Gasteiger partial charge in [0.15, 0.2) is 0 Å². The van der Waals surface area contributed by atoms with Crippen molar-refractivity contribution in [3.8, 4) is 11.5 Å². The van der Waals surface area contributed by atoms with Gasteiger partial charge in [-0.05, 0) is 55.5 Å². The highest BCUT2D eigenvalue weighted by Gasteiger charge is 2.20. The van der Waals surface area contributed by atoms with Crippen LogP contribution in [0.4, 0.5) is 0 Å². The molecule has 0 unspecified atom stereocenters. The molecule has 1 aromatic carbocycles. The highest BCUT2D eigenvalue weighted by molar-refractivity contribution is 7.98. The molecule has 0 saturated heterocycles. The monoisotopic (exact) mass is 349 g/mol. The van der Waals surface area contributed by atoms with Gasteiger partial charge in [0, 0.05) is 16.3 Å². The van der Waals surface area contributed by atoms with Crippen LogP contribution in [-0.2, 0) is 11.3 Å². The number of thioether (sulfide) groups is 1. The van der Waals surface area contributed by atoms with Gasteiger partial charge >= 0.3 is 0 Å². The zero-order chi connectivity index (χ0) is 16.4. The molecule has 0 saturated carbocycles. The van der Waals surface area contributed by atoms with E-state index < -0.39 is 0 Å². The van der Waals surface area contributed by atoms with E-state index in [1.54, 1.807) is 10.9 Å². The standard InChI is InChI=1S/C15H16ClN5OS/c1-15(2,3)21-14(18-19-20-21)23-9-12-8-22-13(17-12)10-4-6-11(16)7-5-10/h4-8H,9H2,1-3H3. The lowest BCUT2D eigenvalue weighted by Gasteiger charge is -2.19. The van der Waals surface area contributed by atoms with E-state index in [4.69, 9.17) is 16.0 Å². The molecule has 120 valence electrons. The number of hydrogen-bond acceptors (Lipinski definition) is 6. The van der Waals surface area contributed by atoms with Crippen molar-refractivity contribution in [3.05, 3.63) is 41.2 Å². The maximum absolute atomic E-state index is 5.89. The summed E-state index contributed by atoms with van der Waals surface area (Å²) in [6.07, 6.45) is 1.65. The van der Waals surface area contributed by atoms with Gasteiger partial charge in [0.2, 0.25) is 11.0 Å². The SMILES string of the molecule is CC(C)(C)n1nnnc1SCc1coc(-c2ccc(Cl)cc2)n1. The summed E-state index contributed by atoms with van der Waals surface area (Å²) in [6, 6.07) is 7.39. The molecule has 0 N–H and O–H groups in total. The minimum absolute atomic E-state index is 0.163. The molecule has 0 amide bonds. The van der Waals surface area contributed by atoms with Crippen molar-refractivity contribution in [2.75, 3.05) is 0 Å². The van der Waals surface area contributed by atoms with E-state index in [2.05, 4.69) is 41.3 Å². The number of benzene rings is 1. The summed E-state index contributed by atoms with van der Waals surface area (Å²) in [5.74, 6) is 1.21. The van der Waals surface area contributed by atoms with Gasteiger partial charge in [0.25, 0.3) is 0 Å². The minimum atomic E-state index is -0.163. The second-order valence-corrected chi connectivity index (χ2v) is 7.36. The van der Waals surface area contributed by atoms with E-state index in [1.807, 2.05) is 24.3 Å². The lowest BCUT2D eigenvalue weighted by molar-refractivity contribution is 0.321. The van der Waals surface area contributed by atoms with Crippen molar-refractivity contribution in [1.82, 2.24) is 25.2 Å². The topological polar surface area (TPSA) is 69.6 Å². The lowest BCUT2D eigenvalue weighted by atomic mass is 10.1. The van der Waals surface area contributed by atoms with Crippen molar-refractivity contribution in [2.24, 2.45) is 0 Å². The van der Waals surface area contributed by atoms with Gasteiger partial charge in [-0.25, -0.2) is 9.67 Å². The third-order valence-electron chi connectivity index (χ3n) is 3.07. The predicted molar refractivity (Wildman–Crippen MR) is 89.3 cm³/mol. The van der Waals surface area contributed by atoms with Crippen LogP contribution in [0.15, 0.2) is 40.1 Å². The molecule has 0 aliphatic carbocycles. The zero-order valence-corrected chi connectivity index (χ0v) is 14.6. The molecule has 8 heteroatoms. The Hall–Kier alpha value is -1.86. The molecule has 2 aromatic heterocycles. The first-order valence-electron chi connectivity index (χ1n) is 7.05. The van der Waals surface area contributed by atoms with Gasteiger partial charge in [-0.3, -0.25) is 0 Å². The highest BCUT2D eigenvalue weighted by atomic mass is 35.5. The van der Waals surface area contributed by atoms with Crippen molar-refractivity contribution in [1.29, 1.82) is 0 Å². The summed E-state index contributed by atoms with van der Waals surface area (Å²) < 4.78 is 7.34. The molecule has 2 heterocycles. The van der Waals surface area contributed by atoms with Gasteiger partial charge < -0.3 is 4.42 Å². The van der Waals surface area contributed by atoms with Crippen molar-refractivity contribution in [3.63, 3.8) is 0 Å². The number of aromatic nitrogens is 5. The third kappa shape index (κ3) is 3.73.